The summed E-state index contributed by atoms with van der Waals surface area (Å²) >= 11 is 11.7. The van der Waals surface area contributed by atoms with Crippen LogP contribution in [0.3, 0.4) is 0 Å². The van der Waals surface area contributed by atoms with E-state index in [-0.39, 0.29) is 0 Å². The molecular formula is C10H12Cl2O. The average molecular weight is 219 g/mol. The van der Waals surface area contributed by atoms with E-state index in [1.54, 1.807) is 6.07 Å². The van der Waals surface area contributed by atoms with Crippen molar-refractivity contribution >= 4 is 23.2 Å². The smallest absolute Gasteiger partial charge is 0.0731 e. The van der Waals surface area contributed by atoms with Crippen LogP contribution in [0.25, 0.3) is 0 Å². The molecule has 72 valence electrons. The summed E-state index contributed by atoms with van der Waals surface area (Å²) < 4.78 is 5.36. The van der Waals surface area contributed by atoms with Crippen LogP contribution in [0.5, 0.6) is 0 Å². The van der Waals surface area contributed by atoms with Gasteiger partial charge in [-0.2, -0.15) is 0 Å². The summed E-state index contributed by atoms with van der Waals surface area (Å²) in [6.45, 7) is 3.40. The molecule has 0 fully saturated rings. The van der Waals surface area contributed by atoms with Gasteiger partial charge in [0.15, 0.2) is 0 Å². The Hall–Kier alpha value is -0.240. The Balaban J connectivity index is 2.56. The van der Waals surface area contributed by atoms with E-state index in [2.05, 4.69) is 6.92 Å². The molecule has 1 rings (SSSR count). The predicted octanol–water partition coefficient (Wildman–Crippen LogP) is 3.92. The van der Waals surface area contributed by atoms with E-state index < -0.39 is 0 Å². The van der Waals surface area contributed by atoms with Crippen molar-refractivity contribution in [1.29, 1.82) is 0 Å². The lowest BCUT2D eigenvalue weighted by Gasteiger charge is -2.04. The summed E-state index contributed by atoms with van der Waals surface area (Å²) in [5.41, 5.74) is 0.986. The minimum atomic E-state index is 0.559. The molecule has 0 N–H and O–H groups in total. The second kappa shape index (κ2) is 5.48. The van der Waals surface area contributed by atoms with E-state index in [1.165, 1.54) is 0 Å². The van der Waals surface area contributed by atoms with Crippen molar-refractivity contribution in [2.45, 2.75) is 20.0 Å². The molecule has 0 aliphatic heterocycles. The lowest BCUT2D eigenvalue weighted by atomic mass is 10.2. The molecule has 0 saturated carbocycles. The molecule has 1 aromatic carbocycles. The standard InChI is InChI=1S/C10H12Cl2O/c1-2-5-13-7-8-3-4-9(11)6-10(8)12/h3-4,6H,2,5,7H2,1H3. The van der Waals surface area contributed by atoms with Crippen LogP contribution in [-0.4, -0.2) is 6.61 Å². The van der Waals surface area contributed by atoms with Gasteiger partial charge in [-0.1, -0.05) is 36.2 Å². The Labute approximate surface area is 88.6 Å². The lowest BCUT2D eigenvalue weighted by molar-refractivity contribution is 0.121. The van der Waals surface area contributed by atoms with Crippen molar-refractivity contribution in [1.82, 2.24) is 0 Å². The van der Waals surface area contributed by atoms with Crippen LogP contribution in [0.4, 0.5) is 0 Å². The number of hydrogen-bond donors (Lipinski definition) is 0. The minimum absolute atomic E-state index is 0.559. The molecule has 0 amide bonds. The van der Waals surface area contributed by atoms with Gasteiger partial charge in [0.2, 0.25) is 0 Å². The molecule has 0 spiro atoms. The summed E-state index contributed by atoms with van der Waals surface area (Å²) in [4.78, 5) is 0. The Bertz CT molecular complexity index is 274. The maximum absolute atomic E-state index is 5.94. The van der Waals surface area contributed by atoms with Gasteiger partial charge in [-0.25, -0.2) is 0 Å². The third kappa shape index (κ3) is 3.55. The molecule has 0 atom stereocenters. The first kappa shape index (κ1) is 10.8. The van der Waals surface area contributed by atoms with Gasteiger partial charge in [-0.3, -0.25) is 0 Å². The Morgan fingerprint density at radius 2 is 2.08 bits per heavy atom. The SMILES string of the molecule is CCCOCc1ccc(Cl)cc1Cl. The maximum Gasteiger partial charge on any atom is 0.0731 e. The van der Waals surface area contributed by atoms with Crippen LogP contribution in [0.15, 0.2) is 18.2 Å². The van der Waals surface area contributed by atoms with E-state index >= 15 is 0 Å². The molecule has 0 aliphatic carbocycles. The number of hydrogen-bond acceptors (Lipinski definition) is 1. The normalized spacial score (nSPS) is 10.4. The van der Waals surface area contributed by atoms with Crippen LogP contribution < -0.4 is 0 Å². The zero-order chi connectivity index (χ0) is 9.68. The number of benzene rings is 1. The molecule has 0 heterocycles. The quantitative estimate of drug-likeness (QED) is 0.697. The molecular weight excluding hydrogens is 207 g/mol. The summed E-state index contributed by atoms with van der Waals surface area (Å²) in [6.07, 6.45) is 1.02. The van der Waals surface area contributed by atoms with Gasteiger partial charge in [-0.15, -0.1) is 0 Å². The fourth-order valence-electron chi connectivity index (χ4n) is 0.965. The maximum atomic E-state index is 5.94. The second-order valence-corrected chi connectivity index (χ2v) is 3.63. The first-order chi connectivity index (χ1) is 6.24. The molecule has 0 radical (unpaired) electrons. The van der Waals surface area contributed by atoms with Crippen molar-refractivity contribution in [2.75, 3.05) is 6.61 Å². The summed E-state index contributed by atoms with van der Waals surface area (Å²) in [7, 11) is 0. The van der Waals surface area contributed by atoms with Crippen LogP contribution in [0.2, 0.25) is 10.0 Å². The third-order valence-electron chi connectivity index (χ3n) is 1.62. The Kier molecular flexibility index (Phi) is 4.57. The largest absolute Gasteiger partial charge is 0.377 e. The first-order valence-corrected chi connectivity index (χ1v) is 5.01. The minimum Gasteiger partial charge on any atom is -0.377 e. The van der Waals surface area contributed by atoms with Gasteiger partial charge in [0.25, 0.3) is 0 Å². The van der Waals surface area contributed by atoms with Crippen molar-refractivity contribution in [3.63, 3.8) is 0 Å². The average Bonchev–Trinajstić information content (AvgIpc) is 2.09. The highest BCUT2D eigenvalue weighted by Crippen LogP contribution is 2.21. The molecule has 3 heteroatoms. The van der Waals surface area contributed by atoms with Gasteiger partial charge in [-0.05, 0) is 24.1 Å². The molecule has 0 saturated heterocycles. The highest BCUT2D eigenvalue weighted by atomic mass is 35.5. The van der Waals surface area contributed by atoms with Gasteiger partial charge in [0.1, 0.15) is 0 Å². The fourth-order valence-corrected chi connectivity index (χ4v) is 1.43. The number of halogens is 2. The molecule has 1 aromatic rings. The van der Waals surface area contributed by atoms with Gasteiger partial charge in [0, 0.05) is 16.7 Å². The number of ether oxygens (including phenoxy) is 1. The van der Waals surface area contributed by atoms with E-state index in [1.807, 2.05) is 12.1 Å². The van der Waals surface area contributed by atoms with Crippen molar-refractivity contribution < 1.29 is 4.74 Å². The van der Waals surface area contributed by atoms with E-state index in [4.69, 9.17) is 27.9 Å². The topological polar surface area (TPSA) is 9.23 Å². The van der Waals surface area contributed by atoms with Crippen LogP contribution in [-0.2, 0) is 11.3 Å². The summed E-state index contributed by atoms with van der Waals surface area (Å²) in [5, 5.41) is 1.33. The molecule has 13 heavy (non-hydrogen) atoms. The van der Waals surface area contributed by atoms with Gasteiger partial charge >= 0.3 is 0 Å². The zero-order valence-electron chi connectivity index (χ0n) is 7.52. The fraction of sp³-hybridized carbons (Fsp3) is 0.400. The van der Waals surface area contributed by atoms with Crippen molar-refractivity contribution in [3.05, 3.63) is 33.8 Å². The zero-order valence-corrected chi connectivity index (χ0v) is 9.03. The molecule has 0 unspecified atom stereocenters. The number of rotatable bonds is 4. The molecule has 0 aliphatic rings. The van der Waals surface area contributed by atoms with Crippen molar-refractivity contribution in [3.8, 4) is 0 Å². The summed E-state index contributed by atoms with van der Waals surface area (Å²) in [6, 6.07) is 5.44. The third-order valence-corrected chi connectivity index (χ3v) is 2.21. The van der Waals surface area contributed by atoms with Crippen LogP contribution in [0.1, 0.15) is 18.9 Å². The van der Waals surface area contributed by atoms with E-state index in [9.17, 15) is 0 Å². The van der Waals surface area contributed by atoms with Crippen LogP contribution >= 0.6 is 23.2 Å². The lowest BCUT2D eigenvalue weighted by Crippen LogP contribution is -1.94. The molecule has 1 nitrogen and oxygen atoms in total. The first-order valence-electron chi connectivity index (χ1n) is 4.25. The van der Waals surface area contributed by atoms with Gasteiger partial charge < -0.3 is 4.74 Å². The van der Waals surface area contributed by atoms with Crippen LogP contribution in [0, 0.1) is 0 Å². The van der Waals surface area contributed by atoms with Crippen molar-refractivity contribution in [2.24, 2.45) is 0 Å². The Morgan fingerprint density at radius 1 is 1.31 bits per heavy atom. The van der Waals surface area contributed by atoms with Gasteiger partial charge in [0.05, 0.1) is 6.61 Å². The monoisotopic (exact) mass is 218 g/mol. The molecule has 0 aromatic heterocycles. The highest BCUT2D eigenvalue weighted by Gasteiger charge is 2.00. The molecule has 0 bridgehead atoms. The van der Waals surface area contributed by atoms with E-state index in [0.717, 1.165) is 18.6 Å². The predicted molar refractivity (Wildman–Crippen MR) is 56.4 cm³/mol. The Morgan fingerprint density at radius 3 is 2.69 bits per heavy atom. The summed E-state index contributed by atoms with van der Waals surface area (Å²) in [5.74, 6) is 0. The van der Waals surface area contributed by atoms with E-state index in [0.29, 0.717) is 16.7 Å². The highest BCUT2D eigenvalue weighted by molar-refractivity contribution is 6.35. The second-order valence-electron chi connectivity index (χ2n) is 2.79.